The molecule has 0 spiro atoms. The van der Waals surface area contributed by atoms with Gasteiger partial charge < -0.3 is 14.5 Å². The minimum absolute atomic E-state index is 0.266. The van der Waals surface area contributed by atoms with E-state index in [1.54, 1.807) is 27.9 Å². The van der Waals surface area contributed by atoms with Crippen molar-refractivity contribution >= 4 is 29.2 Å². The highest BCUT2D eigenvalue weighted by Gasteiger charge is 2.26. The van der Waals surface area contributed by atoms with Crippen LogP contribution in [0.25, 0.3) is 16.9 Å². The van der Waals surface area contributed by atoms with Crippen LogP contribution in [-0.4, -0.2) is 62.1 Å². The fraction of sp³-hybridized carbons (Fsp3) is 0.400. The molecule has 0 radical (unpaired) electrons. The number of hydrogen-bond donors (Lipinski definition) is 0. The lowest BCUT2D eigenvalue weighted by Gasteiger charge is -2.36. The SMILES string of the molecule is CC(C)(C)OC(=O)N1CCN(c2ccc(-c3cc4nccn4c(Cl)n3)cn2)CC1. The number of rotatable bonds is 2. The molecule has 1 fully saturated rings. The molecule has 0 saturated carbocycles. The summed E-state index contributed by atoms with van der Waals surface area (Å²) < 4.78 is 7.16. The summed E-state index contributed by atoms with van der Waals surface area (Å²) in [7, 11) is 0. The molecule has 1 amide bonds. The Bertz CT molecular complexity index is 1020. The van der Waals surface area contributed by atoms with E-state index in [9.17, 15) is 4.79 Å². The van der Waals surface area contributed by atoms with Gasteiger partial charge in [-0.2, -0.15) is 0 Å². The van der Waals surface area contributed by atoms with Crippen LogP contribution >= 0.6 is 11.6 Å². The van der Waals surface area contributed by atoms with Crippen molar-refractivity contribution in [2.24, 2.45) is 0 Å². The molecule has 152 valence electrons. The van der Waals surface area contributed by atoms with Gasteiger partial charge in [-0.15, -0.1) is 0 Å². The second kappa shape index (κ2) is 7.51. The Kier molecular flexibility index (Phi) is 5.04. The molecule has 0 N–H and O–H groups in total. The number of imidazole rings is 1. The third kappa shape index (κ3) is 4.27. The molecule has 0 aromatic carbocycles. The minimum atomic E-state index is -0.484. The van der Waals surface area contributed by atoms with E-state index >= 15 is 0 Å². The molecule has 3 aromatic rings. The highest BCUT2D eigenvalue weighted by atomic mass is 35.5. The van der Waals surface area contributed by atoms with Gasteiger partial charge in [0.2, 0.25) is 5.28 Å². The number of carbonyl (C=O) groups excluding carboxylic acids is 1. The van der Waals surface area contributed by atoms with Gasteiger partial charge in [0.25, 0.3) is 0 Å². The van der Waals surface area contributed by atoms with Crippen LogP contribution in [0, 0.1) is 0 Å². The summed E-state index contributed by atoms with van der Waals surface area (Å²) >= 11 is 6.23. The van der Waals surface area contributed by atoms with Crippen LogP contribution in [-0.2, 0) is 4.74 Å². The van der Waals surface area contributed by atoms with E-state index in [2.05, 4.69) is 19.9 Å². The Morgan fingerprint density at radius 1 is 1.14 bits per heavy atom. The molecule has 0 aliphatic carbocycles. The number of pyridine rings is 1. The van der Waals surface area contributed by atoms with E-state index in [1.807, 2.05) is 39.0 Å². The molecule has 3 aromatic heterocycles. The first-order valence-corrected chi connectivity index (χ1v) is 9.87. The summed E-state index contributed by atoms with van der Waals surface area (Å²) in [6, 6.07) is 5.81. The number of aromatic nitrogens is 4. The van der Waals surface area contributed by atoms with Crippen molar-refractivity contribution in [2.75, 3.05) is 31.1 Å². The third-order valence-corrected chi connectivity index (χ3v) is 4.91. The highest BCUT2D eigenvalue weighted by Crippen LogP contribution is 2.23. The van der Waals surface area contributed by atoms with Gasteiger partial charge >= 0.3 is 6.09 Å². The molecule has 0 atom stereocenters. The molecule has 8 nitrogen and oxygen atoms in total. The number of hydrogen-bond acceptors (Lipinski definition) is 6. The predicted octanol–water partition coefficient (Wildman–Crippen LogP) is 3.50. The van der Waals surface area contributed by atoms with E-state index in [4.69, 9.17) is 16.3 Å². The average molecular weight is 415 g/mol. The van der Waals surface area contributed by atoms with Gasteiger partial charge in [0, 0.05) is 56.4 Å². The molecular formula is C20H23ClN6O2. The molecule has 4 rings (SSSR count). The standard InChI is InChI=1S/C20H23ClN6O2/c1-20(2,3)29-19(28)26-10-8-25(9-11-26)16-5-4-14(13-23-16)15-12-17-22-6-7-27(17)18(21)24-15/h4-7,12-13H,8-11H2,1-3H3. The second-order valence-corrected chi connectivity index (χ2v) is 8.26. The Balaban J connectivity index is 1.43. The van der Waals surface area contributed by atoms with E-state index in [1.165, 1.54) is 0 Å². The number of ether oxygens (including phenoxy) is 1. The van der Waals surface area contributed by atoms with Crippen LogP contribution in [0.4, 0.5) is 10.6 Å². The average Bonchev–Trinajstić information content (AvgIpc) is 3.16. The quantitative estimate of drug-likeness (QED) is 0.597. The number of amides is 1. The molecule has 1 aliphatic heterocycles. The third-order valence-electron chi connectivity index (χ3n) is 4.65. The van der Waals surface area contributed by atoms with Crippen LogP contribution in [0.3, 0.4) is 0 Å². The molecule has 1 saturated heterocycles. The number of carbonyl (C=O) groups is 1. The monoisotopic (exact) mass is 414 g/mol. The van der Waals surface area contributed by atoms with Crippen LogP contribution < -0.4 is 4.90 Å². The summed E-state index contributed by atoms with van der Waals surface area (Å²) in [5.41, 5.74) is 1.85. The zero-order valence-corrected chi connectivity index (χ0v) is 17.4. The minimum Gasteiger partial charge on any atom is -0.444 e. The topological polar surface area (TPSA) is 75.9 Å². The van der Waals surface area contributed by atoms with Crippen molar-refractivity contribution < 1.29 is 9.53 Å². The zero-order chi connectivity index (χ0) is 20.6. The lowest BCUT2D eigenvalue weighted by Crippen LogP contribution is -2.50. The largest absolute Gasteiger partial charge is 0.444 e. The molecular weight excluding hydrogens is 392 g/mol. The number of nitrogens with zero attached hydrogens (tertiary/aromatic N) is 6. The van der Waals surface area contributed by atoms with Crippen LogP contribution in [0.2, 0.25) is 5.28 Å². The van der Waals surface area contributed by atoms with E-state index in [0.29, 0.717) is 31.5 Å². The first-order valence-electron chi connectivity index (χ1n) is 9.49. The highest BCUT2D eigenvalue weighted by molar-refractivity contribution is 6.28. The maximum atomic E-state index is 12.2. The summed E-state index contributed by atoms with van der Waals surface area (Å²) in [5.74, 6) is 0.866. The Hall–Kier alpha value is -2.87. The number of halogens is 1. The van der Waals surface area contributed by atoms with E-state index in [0.717, 1.165) is 22.7 Å². The van der Waals surface area contributed by atoms with Crippen molar-refractivity contribution in [2.45, 2.75) is 26.4 Å². The van der Waals surface area contributed by atoms with Crippen molar-refractivity contribution in [3.63, 3.8) is 0 Å². The fourth-order valence-corrected chi connectivity index (χ4v) is 3.44. The molecule has 9 heteroatoms. The Labute approximate surface area is 174 Å². The lowest BCUT2D eigenvalue weighted by atomic mass is 10.2. The molecule has 1 aliphatic rings. The van der Waals surface area contributed by atoms with Gasteiger partial charge in [0.15, 0.2) is 0 Å². The van der Waals surface area contributed by atoms with E-state index < -0.39 is 5.60 Å². The fourth-order valence-electron chi connectivity index (χ4n) is 3.20. The van der Waals surface area contributed by atoms with Gasteiger partial charge in [-0.1, -0.05) is 0 Å². The van der Waals surface area contributed by atoms with Crippen molar-refractivity contribution in [1.29, 1.82) is 0 Å². The van der Waals surface area contributed by atoms with Crippen LogP contribution in [0.5, 0.6) is 0 Å². The second-order valence-electron chi connectivity index (χ2n) is 7.93. The van der Waals surface area contributed by atoms with E-state index in [-0.39, 0.29) is 6.09 Å². The summed E-state index contributed by atoms with van der Waals surface area (Å²) in [5, 5.41) is 0.359. The Morgan fingerprint density at radius 2 is 1.90 bits per heavy atom. The lowest BCUT2D eigenvalue weighted by molar-refractivity contribution is 0.0240. The molecule has 0 unspecified atom stereocenters. The first-order chi connectivity index (χ1) is 13.8. The zero-order valence-electron chi connectivity index (χ0n) is 16.7. The van der Waals surface area contributed by atoms with Crippen LogP contribution in [0.15, 0.2) is 36.8 Å². The normalized spacial score (nSPS) is 15.0. The van der Waals surface area contributed by atoms with Crippen molar-refractivity contribution in [1.82, 2.24) is 24.3 Å². The smallest absolute Gasteiger partial charge is 0.410 e. The maximum absolute atomic E-state index is 12.2. The predicted molar refractivity (Wildman–Crippen MR) is 111 cm³/mol. The first kappa shape index (κ1) is 19.4. The van der Waals surface area contributed by atoms with Gasteiger partial charge in [-0.3, -0.25) is 4.40 Å². The summed E-state index contributed by atoms with van der Waals surface area (Å²) in [4.78, 5) is 29.4. The van der Waals surface area contributed by atoms with Gasteiger partial charge in [-0.05, 0) is 44.5 Å². The summed E-state index contributed by atoms with van der Waals surface area (Å²) in [6.45, 7) is 8.24. The number of piperazine rings is 1. The van der Waals surface area contributed by atoms with Crippen molar-refractivity contribution in [3.8, 4) is 11.3 Å². The molecule has 0 bridgehead atoms. The van der Waals surface area contributed by atoms with Gasteiger partial charge in [0.1, 0.15) is 17.1 Å². The molecule has 29 heavy (non-hydrogen) atoms. The van der Waals surface area contributed by atoms with Gasteiger partial charge in [0.05, 0.1) is 5.69 Å². The van der Waals surface area contributed by atoms with Crippen molar-refractivity contribution in [3.05, 3.63) is 42.1 Å². The van der Waals surface area contributed by atoms with Crippen LogP contribution in [0.1, 0.15) is 20.8 Å². The Morgan fingerprint density at radius 3 is 2.55 bits per heavy atom. The number of fused-ring (bicyclic) bond motifs is 1. The molecule has 4 heterocycles. The summed E-state index contributed by atoms with van der Waals surface area (Å²) in [6.07, 6.45) is 4.98. The van der Waals surface area contributed by atoms with Gasteiger partial charge in [-0.25, -0.2) is 19.7 Å². The maximum Gasteiger partial charge on any atom is 0.410 e. The number of anilines is 1.